The number of benzene rings is 1. The van der Waals surface area contributed by atoms with E-state index in [2.05, 4.69) is 0 Å². The quantitative estimate of drug-likeness (QED) is 0.816. The molecule has 1 saturated carbocycles. The predicted molar refractivity (Wildman–Crippen MR) is 84.8 cm³/mol. The first-order valence-corrected chi connectivity index (χ1v) is 8.18. The molecule has 0 heterocycles. The van der Waals surface area contributed by atoms with E-state index in [0.717, 1.165) is 31.2 Å². The molecule has 1 N–H and O–H groups in total. The van der Waals surface area contributed by atoms with Crippen LogP contribution >= 0.6 is 0 Å². The Kier molecular flexibility index (Phi) is 6.25. The molecule has 0 bridgehead atoms. The van der Waals surface area contributed by atoms with Crippen LogP contribution in [0.25, 0.3) is 0 Å². The maximum absolute atomic E-state index is 12.3. The highest BCUT2D eigenvalue weighted by Crippen LogP contribution is 2.23. The zero-order valence-electron chi connectivity index (χ0n) is 13.5. The Hall–Kier alpha value is -1.55. The van der Waals surface area contributed by atoms with Crippen LogP contribution in [-0.4, -0.2) is 29.4 Å². The van der Waals surface area contributed by atoms with E-state index < -0.39 is 6.10 Å². The van der Waals surface area contributed by atoms with E-state index in [4.69, 9.17) is 9.47 Å². The fraction of sp³-hybridized carbons (Fsp3) is 0.611. The molecule has 0 radical (unpaired) electrons. The van der Waals surface area contributed by atoms with E-state index in [1.165, 1.54) is 6.42 Å². The summed E-state index contributed by atoms with van der Waals surface area (Å²) in [6.07, 6.45) is 5.36. The van der Waals surface area contributed by atoms with Gasteiger partial charge in [-0.15, -0.1) is 0 Å². The van der Waals surface area contributed by atoms with Gasteiger partial charge in [0.1, 0.15) is 5.75 Å². The minimum absolute atomic E-state index is 0.135. The first-order valence-electron chi connectivity index (χ1n) is 8.18. The third-order valence-corrected chi connectivity index (χ3v) is 3.86. The van der Waals surface area contributed by atoms with E-state index in [1.54, 1.807) is 18.2 Å². The highest BCUT2D eigenvalue weighted by Gasteiger charge is 2.27. The Morgan fingerprint density at radius 3 is 2.64 bits per heavy atom. The third kappa shape index (κ3) is 5.34. The second-order valence-corrected chi connectivity index (χ2v) is 6.24. The molecule has 1 aliphatic rings. The summed E-state index contributed by atoms with van der Waals surface area (Å²) in [6.45, 7) is 3.67. The van der Waals surface area contributed by atoms with Crippen molar-refractivity contribution < 1.29 is 19.4 Å². The predicted octanol–water partition coefficient (Wildman–Crippen LogP) is 3.60. The first kappa shape index (κ1) is 16.8. The van der Waals surface area contributed by atoms with Crippen LogP contribution in [0.1, 0.15) is 51.5 Å². The number of aromatic hydroxyl groups is 1. The summed E-state index contributed by atoms with van der Waals surface area (Å²) in [4.78, 5) is 12.3. The van der Waals surface area contributed by atoms with Gasteiger partial charge in [-0.25, -0.2) is 4.79 Å². The summed E-state index contributed by atoms with van der Waals surface area (Å²) < 4.78 is 11.4. The molecule has 0 aromatic heterocycles. The Balaban J connectivity index is 2.04. The third-order valence-electron chi connectivity index (χ3n) is 3.86. The largest absolute Gasteiger partial charge is 0.508 e. The summed E-state index contributed by atoms with van der Waals surface area (Å²) in [5.74, 6) is -0.116. The van der Waals surface area contributed by atoms with Crippen molar-refractivity contribution in [2.75, 3.05) is 0 Å². The Labute approximate surface area is 132 Å². The molecular weight excluding hydrogens is 280 g/mol. The molecule has 0 spiro atoms. The van der Waals surface area contributed by atoms with E-state index in [1.807, 2.05) is 19.9 Å². The van der Waals surface area contributed by atoms with Gasteiger partial charge in [0.25, 0.3) is 0 Å². The maximum Gasteiger partial charge on any atom is 0.335 e. The van der Waals surface area contributed by atoms with Crippen LogP contribution in [0.5, 0.6) is 5.75 Å². The topological polar surface area (TPSA) is 55.8 Å². The number of phenolic OH excluding ortho intramolecular Hbond substituents is 1. The van der Waals surface area contributed by atoms with Gasteiger partial charge in [0.05, 0.1) is 12.2 Å². The van der Waals surface area contributed by atoms with Gasteiger partial charge in [-0.1, -0.05) is 31.4 Å². The number of ether oxygens (including phenoxy) is 2. The lowest BCUT2D eigenvalue weighted by molar-refractivity contribution is -0.166. The zero-order valence-corrected chi connectivity index (χ0v) is 13.5. The van der Waals surface area contributed by atoms with Crippen molar-refractivity contribution in [1.29, 1.82) is 0 Å². The molecule has 4 heteroatoms. The van der Waals surface area contributed by atoms with Gasteiger partial charge < -0.3 is 14.6 Å². The number of carbonyl (C=O) groups is 1. The lowest BCUT2D eigenvalue weighted by atomic mass is 9.97. The van der Waals surface area contributed by atoms with Crippen LogP contribution < -0.4 is 0 Å². The SMILES string of the molecule is CC(C)OC(=O)C(Cc1cccc(O)c1)OC1CCCCC1. The second kappa shape index (κ2) is 8.18. The highest BCUT2D eigenvalue weighted by atomic mass is 16.6. The van der Waals surface area contributed by atoms with Crippen LogP contribution in [0, 0.1) is 0 Å². The van der Waals surface area contributed by atoms with Gasteiger partial charge in [-0.05, 0) is 44.4 Å². The molecule has 1 aliphatic carbocycles. The average Bonchev–Trinajstić information content (AvgIpc) is 2.47. The highest BCUT2D eigenvalue weighted by molar-refractivity contribution is 5.75. The molecular formula is C18H26O4. The monoisotopic (exact) mass is 306 g/mol. The molecule has 1 atom stereocenters. The van der Waals surface area contributed by atoms with E-state index in [9.17, 15) is 9.90 Å². The van der Waals surface area contributed by atoms with E-state index in [-0.39, 0.29) is 23.9 Å². The molecule has 0 aliphatic heterocycles. The number of phenols is 1. The van der Waals surface area contributed by atoms with E-state index >= 15 is 0 Å². The maximum atomic E-state index is 12.3. The lowest BCUT2D eigenvalue weighted by Crippen LogP contribution is -2.35. The first-order chi connectivity index (χ1) is 10.5. The summed E-state index contributed by atoms with van der Waals surface area (Å²) in [6, 6.07) is 6.95. The smallest absolute Gasteiger partial charge is 0.335 e. The molecule has 1 aromatic carbocycles. The number of esters is 1. The molecule has 1 aromatic rings. The van der Waals surface area contributed by atoms with Gasteiger partial charge in [0.15, 0.2) is 6.10 Å². The van der Waals surface area contributed by atoms with Crippen molar-refractivity contribution >= 4 is 5.97 Å². The van der Waals surface area contributed by atoms with Crippen LogP contribution in [-0.2, 0) is 20.7 Å². The summed E-state index contributed by atoms with van der Waals surface area (Å²) in [7, 11) is 0. The fourth-order valence-corrected chi connectivity index (χ4v) is 2.83. The number of hydrogen-bond acceptors (Lipinski definition) is 4. The van der Waals surface area contributed by atoms with Crippen LogP contribution in [0.4, 0.5) is 0 Å². The molecule has 122 valence electrons. The van der Waals surface area contributed by atoms with Crippen LogP contribution in [0.15, 0.2) is 24.3 Å². The molecule has 2 rings (SSSR count). The number of hydrogen-bond donors (Lipinski definition) is 1. The zero-order chi connectivity index (χ0) is 15.9. The minimum Gasteiger partial charge on any atom is -0.508 e. The van der Waals surface area contributed by atoms with Crippen molar-refractivity contribution in [3.05, 3.63) is 29.8 Å². The summed E-state index contributed by atoms with van der Waals surface area (Å²) in [5.41, 5.74) is 0.876. The van der Waals surface area contributed by atoms with Gasteiger partial charge in [-0.2, -0.15) is 0 Å². The molecule has 0 amide bonds. The molecule has 1 fully saturated rings. The fourth-order valence-electron chi connectivity index (χ4n) is 2.83. The molecule has 4 nitrogen and oxygen atoms in total. The minimum atomic E-state index is -0.604. The van der Waals surface area contributed by atoms with Crippen molar-refractivity contribution in [1.82, 2.24) is 0 Å². The Morgan fingerprint density at radius 2 is 2.00 bits per heavy atom. The normalized spacial score (nSPS) is 17.4. The molecule has 22 heavy (non-hydrogen) atoms. The molecule has 0 saturated heterocycles. The van der Waals surface area contributed by atoms with E-state index in [0.29, 0.717) is 6.42 Å². The van der Waals surface area contributed by atoms with Crippen molar-refractivity contribution in [2.24, 2.45) is 0 Å². The summed E-state index contributed by atoms with van der Waals surface area (Å²) in [5, 5.41) is 9.57. The number of rotatable bonds is 6. The van der Waals surface area contributed by atoms with Crippen LogP contribution in [0.3, 0.4) is 0 Å². The van der Waals surface area contributed by atoms with Crippen molar-refractivity contribution in [2.45, 2.75) is 70.7 Å². The summed E-state index contributed by atoms with van der Waals surface area (Å²) >= 11 is 0. The Morgan fingerprint density at radius 1 is 1.27 bits per heavy atom. The van der Waals surface area contributed by atoms with Crippen molar-refractivity contribution in [3.8, 4) is 5.75 Å². The lowest BCUT2D eigenvalue weighted by Gasteiger charge is -2.27. The Bertz CT molecular complexity index is 478. The number of carbonyl (C=O) groups excluding carboxylic acids is 1. The van der Waals surface area contributed by atoms with Crippen molar-refractivity contribution in [3.63, 3.8) is 0 Å². The second-order valence-electron chi connectivity index (χ2n) is 6.24. The van der Waals surface area contributed by atoms with Gasteiger partial charge in [0.2, 0.25) is 0 Å². The van der Waals surface area contributed by atoms with Gasteiger partial charge in [-0.3, -0.25) is 0 Å². The average molecular weight is 306 g/mol. The standard InChI is InChI=1S/C18H26O4/c1-13(2)21-18(20)17(22-16-9-4-3-5-10-16)12-14-7-6-8-15(19)11-14/h6-8,11,13,16-17,19H,3-5,9-10,12H2,1-2H3. The van der Waals surface area contributed by atoms with Gasteiger partial charge in [0, 0.05) is 6.42 Å². The van der Waals surface area contributed by atoms with Crippen LogP contribution in [0.2, 0.25) is 0 Å². The molecule has 1 unspecified atom stereocenters. The van der Waals surface area contributed by atoms with Gasteiger partial charge >= 0.3 is 5.97 Å².